The molecule has 2 atom stereocenters. The number of aryl methyl sites for hydroxylation is 1. The lowest BCUT2D eigenvalue weighted by Crippen LogP contribution is -2.51. The number of hydrogen-bond donors (Lipinski definition) is 2. The van der Waals surface area contributed by atoms with E-state index in [0.29, 0.717) is 27.6 Å². The van der Waals surface area contributed by atoms with Gasteiger partial charge in [-0.15, -0.1) is 0 Å². The number of rotatable bonds is 10. The van der Waals surface area contributed by atoms with Gasteiger partial charge >= 0.3 is 0 Å². The Bertz CT molecular complexity index is 1350. The molecule has 2 aromatic carbocycles. The molecule has 4 rings (SSSR count). The Balaban J connectivity index is 1.62. The lowest BCUT2D eigenvalue weighted by Gasteiger charge is -2.26. The predicted octanol–water partition coefficient (Wildman–Crippen LogP) is 4.99. The highest BCUT2D eigenvalue weighted by Gasteiger charge is 2.29. The Kier molecular flexibility index (Phi) is 8.13. The van der Waals surface area contributed by atoms with Gasteiger partial charge in [0, 0.05) is 36.1 Å². The monoisotopic (exact) mass is 519 g/mol. The van der Waals surface area contributed by atoms with E-state index in [2.05, 4.69) is 35.4 Å². The molecule has 1 aliphatic carbocycles. The molecule has 1 aromatic heterocycles. The van der Waals surface area contributed by atoms with Crippen molar-refractivity contribution >= 4 is 17.4 Å². The molecule has 0 fully saturated rings. The first-order chi connectivity index (χ1) is 17.7. The minimum absolute atomic E-state index is 0.115. The molecule has 0 unspecified atom stereocenters. The fourth-order valence-electron chi connectivity index (χ4n) is 4.38. The summed E-state index contributed by atoms with van der Waals surface area (Å²) in [5.41, 5.74) is 4.52. The average molecular weight is 520 g/mol. The fourth-order valence-corrected chi connectivity index (χ4v) is 4.62. The highest BCUT2D eigenvalue weighted by Crippen LogP contribution is 2.41. The number of aliphatic hydroxyl groups excluding tert-OH is 1. The van der Waals surface area contributed by atoms with E-state index >= 15 is 0 Å². The van der Waals surface area contributed by atoms with E-state index in [4.69, 9.17) is 21.1 Å². The lowest BCUT2D eigenvalue weighted by molar-refractivity contribution is -0.124. The van der Waals surface area contributed by atoms with Gasteiger partial charge in [-0.05, 0) is 62.4 Å². The maximum atomic E-state index is 12.1. The quantitative estimate of drug-likeness (QED) is 0.389. The first-order valence-electron chi connectivity index (χ1n) is 12.2. The van der Waals surface area contributed by atoms with Gasteiger partial charge < -0.3 is 14.6 Å². The van der Waals surface area contributed by atoms with E-state index in [-0.39, 0.29) is 31.6 Å². The number of carbonyl (C=O) groups excluding carboxylic acids is 1. The largest absolute Gasteiger partial charge is 0.488 e. The zero-order valence-corrected chi connectivity index (χ0v) is 21.9. The summed E-state index contributed by atoms with van der Waals surface area (Å²) in [6.07, 6.45) is 4.82. The van der Waals surface area contributed by atoms with Crippen LogP contribution in [-0.2, 0) is 24.4 Å². The van der Waals surface area contributed by atoms with Crippen LogP contribution in [0.15, 0.2) is 48.8 Å². The number of fused-ring (bicyclic) bond motifs is 1. The maximum Gasteiger partial charge on any atom is 0.151 e. The van der Waals surface area contributed by atoms with Crippen molar-refractivity contribution in [3.8, 4) is 17.6 Å². The van der Waals surface area contributed by atoms with E-state index in [1.54, 1.807) is 31.3 Å². The molecule has 192 valence electrons. The van der Waals surface area contributed by atoms with Crippen molar-refractivity contribution in [1.82, 2.24) is 10.3 Å². The van der Waals surface area contributed by atoms with Gasteiger partial charge in [-0.1, -0.05) is 29.8 Å². The van der Waals surface area contributed by atoms with Gasteiger partial charge in [0.05, 0.1) is 22.7 Å². The molecule has 0 aliphatic heterocycles. The van der Waals surface area contributed by atoms with E-state index in [1.165, 1.54) is 29.8 Å². The molecule has 0 radical (unpaired) electrons. The van der Waals surface area contributed by atoms with E-state index < -0.39 is 5.54 Å². The standard InChI is InChI=1S/C29H30ClN3O4/c1-18-5-4-6-24-23(18)7-8-26(24)37-28-11-27(36-16-21-9-20(12-31)13-32-14-21)22(10-25(28)30)15-33-29(3,17-34)19(2)35/h4-6,9-11,13-14,26,33-34H,7-8,15-17H2,1-3H3/t26-,29-/m0/s1. The van der Waals surface area contributed by atoms with Crippen LogP contribution >= 0.6 is 11.6 Å². The van der Waals surface area contributed by atoms with Crippen molar-refractivity contribution in [2.24, 2.45) is 0 Å². The second-order valence-corrected chi connectivity index (χ2v) is 9.97. The van der Waals surface area contributed by atoms with Gasteiger partial charge in [0.2, 0.25) is 0 Å². The number of pyridine rings is 1. The Hall–Kier alpha value is -3.44. The molecule has 37 heavy (non-hydrogen) atoms. The van der Waals surface area contributed by atoms with Gasteiger partial charge in [0.25, 0.3) is 0 Å². The SMILES string of the molecule is CC(=O)[C@](C)(CO)NCc1cc(Cl)c(O[C@H]2CCc3c(C)cccc32)cc1OCc1cncc(C#N)c1. The number of nitrogens with one attached hydrogen (secondary N) is 1. The van der Waals surface area contributed by atoms with Crippen molar-refractivity contribution in [2.45, 2.75) is 58.4 Å². The number of aromatic nitrogens is 1. The summed E-state index contributed by atoms with van der Waals surface area (Å²) in [4.78, 5) is 16.2. The number of halogens is 1. The molecule has 2 N–H and O–H groups in total. The van der Waals surface area contributed by atoms with E-state index in [0.717, 1.165) is 18.4 Å². The Morgan fingerprint density at radius 3 is 2.84 bits per heavy atom. The number of Topliss-reactive ketones (excluding diaryl/α,β-unsaturated/α-hetero) is 1. The molecule has 0 spiro atoms. The van der Waals surface area contributed by atoms with Crippen molar-refractivity contribution < 1.29 is 19.4 Å². The number of aliphatic hydroxyl groups is 1. The number of nitrogens with zero attached hydrogens (tertiary/aromatic N) is 2. The third-order valence-electron chi connectivity index (χ3n) is 6.91. The third kappa shape index (κ3) is 5.94. The zero-order chi connectivity index (χ0) is 26.6. The van der Waals surface area contributed by atoms with E-state index in [9.17, 15) is 15.2 Å². The maximum absolute atomic E-state index is 12.1. The summed E-state index contributed by atoms with van der Waals surface area (Å²) in [7, 11) is 0. The fraction of sp³-hybridized carbons (Fsp3) is 0.345. The van der Waals surface area contributed by atoms with Crippen LogP contribution in [0.3, 0.4) is 0 Å². The average Bonchev–Trinajstić information content (AvgIpc) is 3.31. The molecule has 0 saturated heterocycles. The summed E-state index contributed by atoms with van der Waals surface area (Å²) in [6.45, 7) is 5.24. The van der Waals surface area contributed by atoms with Crippen molar-refractivity contribution in [2.75, 3.05) is 6.61 Å². The number of ether oxygens (including phenoxy) is 2. The number of nitriles is 1. The van der Waals surface area contributed by atoms with Crippen LogP contribution in [0.4, 0.5) is 0 Å². The molecule has 1 aliphatic rings. The van der Waals surface area contributed by atoms with Gasteiger partial charge in [0.15, 0.2) is 5.78 Å². The number of carbonyl (C=O) groups is 1. The van der Waals surface area contributed by atoms with E-state index in [1.807, 2.05) is 6.07 Å². The minimum atomic E-state index is -1.10. The van der Waals surface area contributed by atoms with Gasteiger partial charge in [-0.2, -0.15) is 5.26 Å². The summed E-state index contributed by atoms with van der Waals surface area (Å²) in [6, 6.07) is 13.6. The summed E-state index contributed by atoms with van der Waals surface area (Å²) in [5, 5.41) is 22.5. The highest BCUT2D eigenvalue weighted by atomic mass is 35.5. The second kappa shape index (κ2) is 11.3. The molecule has 7 nitrogen and oxygen atoms in total. The van der Waals surface area contributed by atoms with Crippen molar-refractivity contribution in [3.63, 3.8) is 0 Å². The number of benzene rings is 2. The van der Waals surface area contributed by atoms with Gasteiger partial charge in [0.1, 0.15) is 30.3 Å². The smallest absolute Gasteiger partial charge is 0.151 e. The molecular weight excluding hydrogens is 490 g/mol. The summed E-state index contributed by atoms with van der Waals surface area (Å²) < 4.78 is 12.6. The minimum Gasteiger partial charge on any atom is -0.488 e. The van der Waals surface area contributed by atoms with Crippen LogP contribution in [0.2, 0.25) is 5.02 Å². The zero-order valence-electron chi connectivity index (χ0n) is 21.2. The highest BCUT2D eigenvalue weighted by molar-refractivity contribution is 6.32. The van der Waals surface area contributed by atoms with Crippen molar-refractivity contribution in [3.05, 3.63) is 87.2 Å². The van der Waals surface area contributed by atoms with Crippen LogP contribution < -0.4 is 14.8 Å². The summed E-state index contributed by atoms with van der Waals surface area (Å²) in [5.74, 6) is 0.832. The Morgan fingerprint density at radius 1 is 1.30 bits per heavy atom. The third-order valence-corrected chi connectivity index (χ3v) is 7.21. The topological polar surface area (TPSA) is 104 Å². The van der Waals surface area contributed by atoms with Crippen LogP contribution in [0.1, 0.15) is 59.8 Å². The number of ketones is 1. The first kappa shape index (κ1) is 26.6. The molecule has 3 aromatic rings. The molecule has 1 heterocycles. The van der Waals surface area contributed by atoms with Crippen LogP contribution in [-0.4, -0.2) is 28.0 Å². The van der Waals surface area contributed by atoms with Gasteiger partial charge in [-0.3, -0.25) is 15.1 Å². The molecule has 0 saturated carbocycles. The Morgan fingerprint density at radius 2 is 2.11 bits per heavy atom. The Labute approximate surface area is 222 Å². The summed E-state index contributed by atoms with van der Waals surface area (Å²) >= 11 is 6.67. The number of hydrogen-bond acceptors (Lipinski definition) is 7. The van der Waals surface area contributed by atoms with Crippen LogP contribution in [0, 0.1) is 18.3 Å². The first-order valence-corrected chi connectivity index (χ1v) is 12.5. The molecule has 0 bridgehead atoms. The normalized spacial score (nSPS) is 15.9. The lowest BCUT2D eigenvalue weighted by atomic mass is 9.98. The molecular formula is C29H30ClN3O4. The van der Waals surface area contributed by atoms with Gasteiger partial charge in [-0.25, -0.2) is 0 Å². The second-order valence-electron chi connectivity index (χ2n) is 9.56. The molecule has 0 amide bonds. The van der Waals surface area contributed by atoms with Crippen LogP contribution in [0.5, 0.6) is 11.5 Å². The van der Waals surface area contributed by atoms with Crippen molar-refractivity contribution in [1.29, 1.82) is 5.26 Å². The molecule has 8 heteroatoms. The van der Waals surface area contributed by atoms with Crippen LogP contribution in [0.25, 0.3) is 0 Å². The predicted molar refractivity (Wildman–Crippen MR) is 141 cm³/mol.